The number of ether oxygens (including phenoxy) is 1. The summed E-state index contributed by atoms with van der Waals surface area (Å²) in [5.41, 5.74) is 1.23. The number of methoxy groups -OCH3 is 1. The fourth-order valence-electron chi connectivity index (χ4n) is 3.67. The van der Waals surface area contributed by atoms with Crippen molar-refractivity contribution >= 4 is 40.7 Å². The summed E-state index contributed by atoms with van der Waals surface area (Å²) in [6.45, 7) is 0. The molecule has 1 aliphatic heterocycles. The normalized spacial score (nSPS) is 23.3. The quantitative estimate of drug-likeness (QED) is 0.677. The average Bonchev–Trinajstić information content (AvgIpc) is 3.20. The number of halogens is 2. The molecule has 0 spiro atoms. The van der Waals surface area contributed by atoms with Crippen LogP contribution in [0.4, 0.5) is 4.39 Å². The minimum atomic E-state index is -0.866. The van der Waals surface area contributed by atoms with Gasteiger partial charge in [-0.05, 0) is 25.0 Å². The number of carbonyl (C=O) groups is 2. The van der Waals surface area contributed by atoms with E-state index in [0.717, 1.165) is 6.07 Å². The Balaban J connectivity index is 1.84. The number of amidine groups is 1. The maximum atomic E-state index is 13.6. The maximum Gasteiger partial charge on any atom is 0.338 e. The van der Waals surface area contributed by atoms with Gasteiger partial charge < -0.3 is 15.2 Å². The summed E-state index contributed by atoms with van der Waals surface area (Å²) in [7, 11) is 1.26. The molecule has 1 fully saturated rings. The number of aliphatic carboxylic acids is 1. The molecule has 7 nitrogen and oxygen atoms in total. The van der Waals surface area contributed by atoms with Crippen LogP contribution in [0.3, 0.4) is 0 Å². The largest absolute Gasteiger partial charge is 0.481 e. The highest BCUT2D eigenvalue weighted by Gasteiger charge is 2.43. The molecular weight excluding hydrogens is 433 g/mol. The number of esters is 1. The molecule has 1 unspecified atom stereocenters. The molecule has 1 aromatic heterocycles. The van der Waals surface area contributed by atoms with Crippen molar-refractivity contribution in [1.82, 2.24) is 10.3 Å². The topological polar surface area (TPSA) is 101 Å². The van der Waals surface area contributed by atoms with Gasteiger partial charge in [-0.1, -0.05) is 17.7 Å². The molecule has 156 valence electrons. The van der Waals surface area contributed by atoms with E-state index in [-0.39, 0.29) is 16.5 Å². The number of hydrogen-bond donors (Lipinski definition) is 2. The van der Waals surface area contributed by atoms with Crippen LogP contribution in [0.1, 0.15) is 29.5 Å². The van der Waals surface area contributed by atoms with Gasteiger partial charge in [0.25, 0.3) is 0 Å². The number of nitrogens with one attached hydrogen (secondary N) is 1. The van der Waals surface area contributed by atoms with E-state index in [1.807, 2.05) is 0 Å². The van der Waals surface area contributed by atoms with Crippen LogP contribution in [0.5, 0.6) is 0 Å². The third kappa shape index (κ3) is 3.70. The van der Waals surface area contributed by atoms with E-state index in [9.17, 15) is 19.1 Å². The van der Waals surface area contributed by atoms with E-state index in [2.05, 4.69) is 15.3 Å². The second-order valence-electron chi connectivity index (χ2n) is 7.03. The summed E-state index contributed by atoms with van der Waals surface area (Å²) in [6, 6.07) is 3.05. The Morgan fingerprint density at radius 2 is 2.13 bits per heavy atom. The number of carboxylic acid groups (broad SMARTS) is 1. The molecule has 2 N–H and O–H groups in total. The lowest BCUT2D eigenvalue weighted by Crippen LogP contribution is -2.42. The zero-order valence-electron chi connectivity index (χ0n) is 15.8. The predicted molar refractivity (Wildman–Crippen MR) is 109 cm³/mol. The summed E-state index contributed by atoms with van der Waals surface area (Å²) in [6.07, 6.45) is 2.40. The minimum Gasteiger partial charge on any atom is -0.481 e. The van der Waals surface area contributed by atoms with Crippen LogP contribution < -0.4 is 5.32 Å². The second-order valence-corrected chi connectivity index (χ2v) is 8.33. The minimum absolute atomic E-state index is 0.127. The van der Waals surface area contributed by atoms with Crippen LogP contribution >= 0.6 is 22.9 Å². The SMILES string of the molecule is COC(=O)C1=C(C2CC(C(=O)O)C2)NC(c2nccs2)=NC1c1ccc(F)cc1Cl. The Bertz CT molecular complexity index is 1060. The van der Waals surface area contributed by atoms with E-state index >= 15 is 0 Å². The van der Waals surface area contributed by atoms with Crippen LogP contribution in [0, 0.1) is 17.7 Å². The molecule has 0 saturated heterocycles. The number of hydrogen-bond acceptors (Lipinski definition) is 7. The molecule has 2 aliphatic rings. The molecule has 1 atom stereocenters. The van der Waals surface area contributed by atoms with Gasteiger partial charge in [0.1, 0.15) is 11.9 Å². The first-order chi connectivity index (χ1) is 14.4. The number of allylic oxidation sites excluding steroid dienone is 1. The van der Waals surface area contributed by atoms with E-state index in [0.29, 0.717) is 34.9 Å². The van der Waals surface area contributed by atoms with Crippen LogP contribution in [0.2, 0.25) is 5.02 Å². The number of nitrogens with zero attached hydrogens (tertiary/aromatic N) is 2. The monoisotopic (exact) mass is 449 g/mol. The number of benzene rings is 1. The Morgan fingerprint density at radius 1 is 1.37 bits per heavy atom. The van der Waals surface area contributed by atoms with E-state index in [1.165, 1.54) is 30.6 Å². The van der Waals surface area contributed by atoms with Crippen molar-refractivity contribution < 1.29 is 23.8 Å². The summed E-state index contributed by atoms with van der Waals surface area (Å²) in [4.78, 5) is 33.0. The number of carbonyl (C=O) groups excluding carboxylic acids is 1. The van der Waals surface area contributed by atoms with Gasteiger partial charge in [0.15, 0.2) is 10.8 Å². The van der Waals surface area contributed by atoms with Crippen molar-refractivity contribution in [2.24, 2.45) is 16.8 Å². The third-order valence-electron chi connectivity index (χ3n) is 5.27. The van der Waals surface area contributed by atoms with Crippen molar-refractivity contribution in [2.45, 2.75) is 18.9 Å². The van der Waals surface area contributed by atoms with Gasteiger partial charge in [0, 0.05) is 33.8 Å². The molecule has 0 bridgehead atoms. The van der Waals surface area contributed by atoms with Crippen molar-refractivity contribution in [3.8, 4) is 0 Å². The predicted octanol–water partition coefficient (Wildman–Crippen LogP) is 3.56. The van der Waals surface area contributed by atoms with Crippen LogP contribution in [-0.4, -0.2) is 35.0 Å². The number of rotatable bonds is 5. The zero-order chi connectivity index (χ0) is 21.4. The van der Waals surface area contributed by atoms with Crippen molar-refractivity contribution in [3.63, 3.8) is 0 Å². The molecular formula is C20H17ClFN3O4S. The Kier molecular flexibility index (Phi) is 5.57. The highest BCUT2D eigenvalue weighted by atomic mass is 35.5. The summed E-state index contributed by atoms with van der Waals surface area (Å²) >= 11 is 7.66. The van der Waals surface area contributed by atoms with Gasteiger partial charge in [-0.15, -0.1) is 11.3 Å². The van der Waals surface area contributed by atoms with Gasteiger partial charge in [-0.3, -0.25) is 9.79 Å². The van der Waals surface area contributed by atoms with Crippen LogP contribution in [0.25, 0.3) is 0 Å². The first-order valence-corrected chi connectivity index (χ1v) is 10.4. The number of carboxylic acids is 1. The standard InChI is InChI=1S/C20H17ClFN3O4S/c1-29-20(28)14-15(9-6-10(7-9)19(26)27)24-17(18-23-4-5-30-18)25-16(14)12-3-2-11(22)8-13(12)21/h2-5,8-10,16H,6-7H2,1H3,(H,24,25)(H,26,27). The fraction of sp³-hybridized carbons (Fsp3) is 0.300. The molecule has 10 heteroatoms. The molecule has 1 aromatic carbocycles. The van der Waals surface area contributed by atoms with E-state index in [4.69, 9.17) is 16.3 Å². The average molecular weight is 450 g/mol. The Labute approximate surface area is 180 Å². The van der Waals surface area contributed by atoms with Crippen molar-refractivity contribution in [3.05, 3.63) is 62.5 Å². The zero-order valence-corrected chi connectivity index (χ0v) is 17.3. The van der Waals surface area contributed by atoms with Crippen molar-refractivity contribution in [2.75, 3.05) is 7.11 Å². The van der Waals surface area contributed by atoms with Gasteiger partial charge in [0.05, 0.1) is 18.6 Å². The van der Waals surface area contributed by atoms with Gasteiger partial charge in [0.2, 0.25) is 0 Å². The number of aliphatic imine (C=N–C) groups is 1. The van der Waals surface area contributed by atoms with Gasteiger partial charge >= 0.3 is 11.9 Å². The van der Waals surface area contributed by atoms with Crippen LogP contribution in [-0.2, 0) is 14.3 Å². The molecule has 1 saturated carbocycles. The molecule has 0 radical (unpaired) electrons. The number of thiazole rings is 1. The molecule has 0 amide bonds. The molecule has 2 aromatic rings. The fourth-order valence-corrected chi connectivity index (χ4v) is 4.53. The lowest BCUT2D eigenvalue weighted by atomic mass is 9.71. The highest BCUT2D eigenvalue weighted by molar-refractivity contribution is 7.11. The smallest absolute Gasteiger partial charge is 0.338 e. The first kappa shape index (κ1) is 20.5. The summed E-state index contributed by atoms with van der Waals surface area (Å²) in [5.74, 6) is -2.20. The van der Waals surface area contributed by atoms with E-state index < -0.39 is 29.7 Å². The molecule has 30 heavy (non-hydrogen) atoms. The van der Waals surface area contributed by atoms with Gasteiger partial charge in [-0.2, -0.15) is 0 Å². The summed E-state index contributed by atoms with van der Waals surface area (Å²) < 4.78 is 18.6. The first-order valence-electron chi connectivity index (χ1n) is 9.13. The highest BCUT2D eigenvalue weighted by Crippen LogP contribution is 2.44. The Hall–Kier alpha value is -2.78. The lowest BCUT2D eigenvalue weighted by Gasteiger charge is -2.38. The third-order valence-corrected chi connectivity index (χ3v) is 6.37. The lowest BCUT2D eigenvalue weighted by molar-refractivity contribution is -0.145. The van der Waals surface area contributed by atoms with Crippen LogP contribution in [0.15, 0.2) is 46.0 Å². The second kappa shape index (κ2) is 8.16. The molecule has 1 aliphatic carbocycles. The molecule has 4 rings (SSSR count). The number of aromatic nitrogens is 1. The van der Waals surface area contributed by atoms with E-state index in [1.54, 1.807) is 11.6 Å². The van der Waals surface area contributed by atoms with Gasteiger partial charge in [-0.25, -0.2) is 14.2 Å². The van der Waals surface area contributed by atoms with Crippen molar-refractivity contribution in [1.29, 1.82) is 0 Å². The summed E-state index contributed by atoms with van der Waals surface area (Å²) in [5, 5.41) is 15.0. The Morgan fingerprint density at radius 3 is 2.73 bits per heavy atom. The molecule has 2 heterocycles. The maximum absolute atomic E-state index is 13.6.